The van der Waals surface area contributed by atoms with Gasteiger partial charge in [0, 0.05) is 25.4 Å². The number of rotatable bonds is 5. The molecular formula is C23H24N4O2. The topological polar surface area (TPSA) is 72.1 Å². The normalized spacial score (nSPS) is 16.6. The molecule has 0 radical (unpaired) electrons. The summed E-state index contributed by atoms with van der Waals surface area (Å²) < 4.78 is 5.25. The van der Waals surface area contributed by atoms with Crippen LogP contribution < -0.4 is 0 Å². The van der Waals surface area contributed by atoms with Gasteiger partial charge in [-0.1, -0.05) is 35.5 Å². The van der Waals surface area contributed by atoms with Gasteiger partial charge >= 0.3 is 0 Å². The average molecular weight is 388 g/mol. The fourth-order valence-electron chi connectivity index (χ4n) is 3.81. The molecule has 0 aliphatic carbocycles. The van der Waals surface area contributed by atoms with Crippen molar-refractivity contribution in [3.8, 4) is 11.3 Å². The van der Waals surface area contributed by atoms with Gasteiger partial charge in [0.1, 0.15) is 5.76 Å². The number of carbonyl (C=O) groups excluding carboxylic acids is 1. The second kappa shape index (κ2) is 8.39. The molecule has 1 aliphatic heterocycles. The molecule has 1 amide bonds. The lowest BCUT2D eigenvalue weighted by Gasteiger charge is -2.14. The Bertz CT molecular complexity index is 1010. The Kier molecular flexibility index (Phi) is 5.51. The summed E-state index contributed by atoms with van der Waals surface area (Å²) in [5, 5.41) is 4.00. The molecule has 3 aromatic rings. The van der Waals surface area contributed by atoms with Crippen LogP contribution in [-0.4, -0.2) is 39.0 Å². The molecule has 1 fully saturated rings. The zero-order valence-electron chi connectivity index (χ0n) is 16.7. The minimum atomic E-state index is 0.0620. The van der Waals surface area contributed by atoms with Gasteiger partial charge in [-0.25, -0.2) is 4.98 Å². The maximum atomic E-state index is 12.5. The molecule has 6 nitrogen and oxygen atoms in total. The monoisotopic (exact) mass is 388 g/mol. The van der Waals surface area contributed by atoms with Gasteiger partial charge in [0.2, 0.25) is 5.91 Å². The first-order chi connectivity index (χ1) is 14.1. The molecule has 1 aliphatic rings. The summed E-state index contributed by atoms with van der Waals surface area (Å²) in [6.07, 6.45) is 8.86. The number of likely N-dealkylation sites (tertiary alicyclic amines) is 1. The highest BCUT2D eigenvalue weighted by molar-refractivity contribution is 5.91. The fourth-order valence-corrected chi connectivity index (χ4v) is 3.81. The van der Waals surface area contributed by atoms with E-state index in [1.165, 1.54) is 0 Å². The molecule has 0 N–H and O–H groups in total. The van der Waals surface area contributed by atoms with Gasteiger partial charge in [-0.3, -0.25) is 9.78 Å². The number of hydrogen-bond donors (Lipinski definition) is 0. The Morgan fingerprint density at radius 2 is 2.07 bits per heavy atom. The molecule has 4 rings (SSSR count). The van der Waals surface area contributed by atoms with E-state index in [2.05, 4.69) is 10.1 Å². The molecule has 1 aromatic carbocycles. The minimum absolute atomic E-state index is 0.0620. The second-order valence-corrected chi connectivity index (χ2v) is 7.48. The Hall–Kier alpha value is -3.28. The van der Waals surface area contributed by atoms with Crippen LogP contribution in [0.2, 0.25) is 0 Å². The van der Waals surface area contributed by atoms with Crippen molar-refractivity contribution < 1.29 is 9.32 Å². The summed E-state index contributed by atoms with van der Waals surface area (Å²) in [6, 6.07) is 9.87. The highest BCUT2D eigenvalue weighted by Crippen LogP contribution is 2.26. The van der Waals surface area contributed by atoms with E-state index in [0.29, 0.717) is 5.92 Å². The van der Waals surface area contributed by atoms with Crippen LogP contribution in [0.5, 0.6) is 0 Å². The van der Waals surface area contributed by atoms with Crippen molar-refractivity contribution in [1.82, 2.24) is 20.0 Å². The lowest BCUT2D eigenvalue weighted by molar-refractivity contribution is -0.125. The maximum Gasteiger partial charge on any atom is 0.246 e. The number of benzene rings is 1. The van der Waals surface area contributed by atoms with Crippen LogP contribution in [0.3, 0.4) is 0 Å². The van der Waals surface area contributed by atoms with E-state index in [1.807, 2.05) is 61.4 Å². The van der Waals surface area contributed by atoms with Crippen LogP contribution in [0.15, 0.2) is 53.3 Å². The summed E-state index contributed by atoms with van der Waals surface area (Å²) in [4.78, 5) is 23.5. The molecule has 1 unspecified atom stereocenters. The average Bonchev–Trinajstić information content (AvgIpc) is 3.33. The van der Waals surface area contributed by atoms with Crippen LogP contribution >= 0.6 is 0 Å². The van der Waals surface area contributed by atoms with Crippen molar-refractivity contribution in [1.29, 1.82) is 0 Å². The Balaban J connectivity index is 1.39. The van der Waals surface area contributed by atoms with Gasteiger partial charge in [-0.05, 0) is 44.2 Å². The zero-order chi connectivity index (χ0) is 20.2. The van der Waals surface area contributed by atoms with E-state index in [1.54, 1.807) is 12.3 Å². The summed E-state index contributed by atoms with van der Waals surface area (Å²) in [5.41, 5.74) is 4.48. The second-order valence-electron chi connectivity index (χ2n) is 7.48. The van der Waals surface area contributed by atoms with E-state index in [-0.39, 0.29) is 5.91 Å². The van der Waals surface area contributed by atoms with E-state index in [4.69, 9.17) is 9.51 Å². The lowest BCUT2D eigenvalue weighted by atomic mass is 10.0. The molecule has 0 spiro atoms. The first-order valence-corrected chi connectivity index (χ1v) is 9.86. The smallest absolute Gasteiger partial charge is 0.246 e. The number of hydrogen-bond acceptors (Lipinski definition) is 5. The van der Waals surface area contributed by atoms with Crippen molar-refractivity contribution in [2.75, 3.05) is 13.1 Å². The quantitative estimate of drug-likeness (QED) is 0.621. The molecule has 1 saturated heterocycles. The molecule has 148 valence electrons. The third kappa shape index (κ3) is 4.42. The summed E-state index contributed by atoms with van der Waals surface area (Å²) in [5.74, 6) is 1.20. The highest BCUT2D eigenvalue weighted by atomic mass is 16.5. The molecule has 0 saturated carbocycles. The number of aryl methyl sites for hydroxylation is 2. The first-order valence-electron chi connectivity index (χ1n) is 9.86. The van der Waals surface area contributed by atoms with Gasteiger partial charge in [0.05, 0.1) is 28.8 Å². The SMILES string of the molecule is Cc1noc(C)c1-c1cncc(CC2CCN(C(=O)/C=C/c3ccccc3)C2)n1. The van der Waals surface area contributed by atoms with Crippen LogP contribution in [0.1, 0.15) is 29.1 Å². The van der Waals surface area contributed by atoms with Gasteiger partial charge in [-0.15, -0.1) is 0 Å². The van der Waals surface area contributed by atoms with Crippen LogP contribution in [0, 0.1) is 19.8 Å². The number of carbonyl (C=O) groups is 1. The van der Waals surface area contributed by atoms with Gasteiger partial charge in [-0.2, -0.15) is 0 Å². The lowest BCUT2D eigenvalue weighted by Crippen LogP contribution is -2.27. The van der Waals surface area contributed by atoms with E-state index >= 15 is 0 Å². The molecule has 3 heterocycles. The summed E-state index contributed by atoms with van der Waals surface area (Å²) >= 11 is 0. The van der Waals surface area contributed by atoms with Crippen LogP contribution in [-0.2, 0) is 11.2 Å². The van der Waals surface area contributed by atoms with Gasteiger partial charge in [0.15, 0.2) is 0 Å². The molecule has 0 bridgehead atoms. The Morgan fingerprint density at radius 1 is 1.24 bits per heavy atom. The van der Waals surface area contributed by atoms with Crippen molar-refractivity contribution in [3.05, 3.63) is 71.5 Å². The van der Waals surface area contributed by atoms with Crippen LogP contribution in [0.4, 0.5) is 0 Å². The maximum absolute atomic E-state index is 12.5. The van der Waals surface area contributed by atoms with Crippen molar-refractivity contribution >= 4 is 12.0 Å². The van der Waals surface area contributed by atoms with Gasteiger partial charge < -0.3 is 9.42 Å². The highest BCUT2D eigenvalue weighted by Gasteiger charge is 2.26. The van der Waals surface area contributed by atoms with Crippen molar-refractivity contribution in [2.24, 2.45) is 5.92 Å². The molecule has 29 heavy (non-hydrogen) atoms. The minimum Gasteiger partial charge on any atom is -0.361 e. The van der Waals surface area contributed by atoms with Crippen LogP contribution in [0.25, 0.3) is 17.3 Å². The number of aromatic nitrogens is 3. The third-order valence-corrected chi connectivity index (χ3v) is 5.29. The number of amides is 1. The largest absolute Gasteiger partial charge is 0.361 e. The predicted molar refractivity (Wildman–Crippen MR) is 111 cm³/mol. The molecular weight excluding hydrogens is 364 g/mol. The Labute approximate surface area is 170 Å². The molecule has 1 atom stereocenters. The third-order valence-electron chi connectivity index (χ3n) is 5.29. The summed E-state index contributed by atoms with van der Waals surface area (Å²) in [6.45, 7) is 5.31. The Morgan fingerprint density at radius 3 is 2.83 bits per heavy atom. The van der Waals surface area contributed by atoms with E-state index in [0.717, 1.165) is 59.9 Å². The van der Waals surface area contributed by atoms with E-state index in [9.17, 15) is 4.79 Å². The van der Waals surface area contributed by atoms with Crippen molar-refractivity contribution in [3.63, 3.8) is 0 Å². The molecule has 2 aromatic heterocycles. The zero-order valence-corrected chi connectivity index (χ0v) is 16.7. The number of nitrogens with zero attached hydrogens (tertiary/aromatic N) is 4. The van der Waals surface area contributed by atoms with E-state index < -0.39 is 0 Å². The first kappa shape index (κ1) is 19.1. The summed E-state index contributed by atoms with van der Waals surface area (Å²) in [7, 11) is 0. The predicted octanol–water partition coefficient (Wildman–Crippen LogP) is 3.85. The standard InChI is InChI=1S/C23H24N4O2/c1-16-23(17(2)29-26-16)21-14-24-13-20(25-21)12-19-10-11-27(15-19)22(28)9-8-18-6-4-3-5-7-18/h3-9,13-14,19H,10-12,15H2,1-2H3/b9-8+. The van der Waals surface area contributed by atoms with Gasteiger partial charge in [0.25, 0.3) is 0 Å². The van der Waals surface area contributed by atoms with Crippen molar-refractivity contribution in [2.45, 2.75) is 26.7 Å². The molecule has 6 heteroatoms. The fraction of sp³-hybridized carbons (Fsp3) is 0.304.